The standard InChI is InChI=1S/C19H21N3O8S/c1-3-21(4-2)31(26,27)14-6-8-16(15(10-14)22(24)25)28-11-19(23)20-13-5-7-17-18(9-13)30-12-29-17/h5-10H,3-4,11-12H2,1-2H3,(H,20,23). The summed E-state index contributed by atoms with van der Waals surface area (Å²) < 4.78 is 42.1. The van der Waals surface area contributed by atoms with Crippen LogP contribution in [0.4, 0.5) is 11.4 Å². The van der Waals surface area contributed by atoms with E-state index in [1.807, 2.05) is 0 Å². The Morgan fingerprint density at radius 1 is 1.16 bits per heavy atom. The molecule has 11 nitrogen and oxygen atoms in total. The molecule has 0 radical (unpaired) electrons. The number of nitro benzene ring substituents is 1. The van der Waals surface area contributed by atoms with Gasteiger partial charge >= 0.3 is 5.69 Å². The molecule has 0 fully saturated rings. The highest BCUT2D eigenvalue weighted by molar-refractivity contribution is 7.89. The van der Waals surface area contributed by atoms with Gasteiger partial charge in [-0.15, -0.1) is 0 Å². The summed E-state index contributed by atoms with van der Waals surface area (Å²) in [5.41, 5.74) is -0.114. The van der Waals surface area contributed by atoms with E-state index in [9.17, 15) is 23.3 Å². The zero-order valence-electron chi connectivity index (χ0n) is 16.9. The van der Waals surface area contributed by atoms with Crippen molar-refractivity contribution >= 4 is 27.3 Å². The molecule has 0 bridgehead atoms. The maximum atomic E-state index is 12.6. The summed E-state index contributed by atoms with van der Waals surface area (Å²) in [5, 5.41) is 14.0. The molecule has 2 aromatic rings. The highest BCUT2D eigenvalue weighted by Gasteiger charge is 2.26. The van der Waals surface area contributed by atoms with E-state index in [1.54, 1.807) is 32.0 Å². The first-order valence-electron chi connectivity index (χ1n) is 9.37. The van der Waals surface area contributed by atoms with E-state index in [2.05, 4.69) is 5.32 Å². The van der Waals surface area contributed by atoms with E-state index in [1.165, 1.54) is 16.4 Å². The SMILES string of the molecule is CCN(CC)S(=O)(=O)c1ccc(OCC(=O)Nc2ccc3c(c2)OCO3)c([N+](=O)[O-])c1. The first-order valence-corrected chi connectivity index (χ1v) is 10.8. The molecule has 12 heteroatoms. The molecule has 0 spiro atoms. The van der Waals surface area contributed by atoms with Gasteiger partial charge in [-0.25, -0.2) is 8.42 Å². The quantitative estimate of drug-likeness (QED) is 0.453. The summed E-state index contributed by atoms with van der Waals surface area (Å²) in [6.07, 6.45) is 0. The number of fused-ring (bicyclic) bond motifs is 1. The van der Waals surface area contributed by atoms with Gasteiger partial charge < -0.3 is 19.5 Å². The Kier molecular flexibility index (Phi) is 6.61. The summed E-state index contributed by atoms with van der Waals surface area (Å²) >= 11 is 0. The summed E-state index contributed by atoms with van der Waals surface area (Å²) in [6.45, 7) is 3.38. The second kappa shape index (κ2) is 9.18. The molecule has 0 aromatic heterocycles. The van der Waals surface area contributed by atoms with Crippen LogP contribution in [0.2, 0.25) is 0 Å². The van der Waals surface area contributed by atoms with Gasteiger partial charge in [0.25, 0.3) is 5.91 Å². The number of nitro groups is 1. The maximum absolute atomic E-state index is 12.6. The predicted molar refractivity (Wildman–Crippen MR) is 110 cm³/mol. The number of rotatable bonds is 9. The number of benzene rings is 2. The highest BCUT2D eigenvalue weighted by Crippen LogP contribution is 2.34. The van der Waals surface area contributed by atoms with Gasteiger partial charge in [-0.2, -0.15) is 4.31 Å². The fourth-order valence-corrected chi connectivity index (χ4v) is 4.43. The molecule has 1 amide bonds. The average Bonchev–Trinajstić information content (AvgIpc) is 3.20. The molecular formula is C19H21N3O8S. The molecule has 0 saturated carbocycles. The minimum absolute atomic E-state index is 0.0967. The van der Waals surface area contributed by atoms with Crippen molar-refractivity contribution in [3.05, 3.63) is 46.5 Å². The van der Waals surface area contributed by atoms with Gasteiger partial charge in [0.1, 0.15) is 0 Å². The lowest BCUT2D eigenvalue weighted by molar-refractivity contribution is -0.386. The molecular weight excluding hydrogens is 430 g/mol. The molecule has 1 N–H and O–H groups in total. The molecule has 0 atom stereocenters. The van der Waals surface area contributed by atoms with E-state index in [0.29, 0.717) is 17.2 Å². The summed E-state index contributed by atoms with van der Waals surface area (Å²) in [6, 6.07) is 8.14. The van der Waals surface area contributed by atoms with Crippen molar-refractivity contribution < 1.29 is 32.3 Å². The van der Waals surface area contributed by atoms with E-state index in [-0.39, 0.29) is 30.5 Å². The Morgan fingerprint density at radius 3 is 2.55 bits per heavy atom. The van der Waals surface area contributed by atoms with Crippen molar-refractivity contribution in [2.75, 3.05) is 31.8 Å². The Morgan fingerprint density at radius 2 is 1.87 bits per heavy atom. The summed E-state index contributed by atoms with van der Waals surface area (Å²) in [5.74, 6) is 0.265. The maximum Gasteiger partial charge on any atom is 0.312 e. The van der Waals surface area contributed by atoms with Gasteiger partial charge in [0.15, 0.2) is 23.9 Å². The molecule has 1 aliphatic heterocycles. The van der Waals surface area contributed by atoms with Crippen molar-refractivity contribution in [3.8, 4) is 17.2 Å². The van der Waals surface area contributed by atoms with Crippen LogP contribution >= 0.6 is 0 Å². The third-order valence-corrected chi connectivity index (χ3v) is 6.53. The second-order valence-corrected chi connectivity index (χ2v) is 8.32. The van der Waals surface area contributed by atoms with Crippen LogP contribution in [-0.2, 0) is 14.8 Å². The third kappa shape index (κ3) is 4.86. The number of nitrogens with zero attached hydrogens (tertiary/aromatic N) is 2. The van der Waals surface area contributed by atoms with Crippen LogP contribution in [-0.4, -0.2) is 50.0 Å². The summed E-state index contributed by atoms with van der Waals surface area (Å²) in [7, 11) is -3.88. The highest BCUT2D eigenvalue weighted by atomic mass is 32.2. The minimum Gasteiger partial charge on any atom is -0.477 e. The van der Waals surface area contributed by atoms with Gasteiger partial charge in [0, 0.05) is 30.9 Å². The lowest BCUT2D eigenvalue weighted by atomic mass is 10.3. The Balaban J connectivity index is 1.72. The number of amides is 1. The van der Waals surface area contributed by atoms with Crippen molar-refractivity contribution in [1.29, 1.82) is 0 Å². The van der Waals surface area contributed by atoms with Gasteiger partial charge in [-0.05, 0) is 24.3 Å². The molecule has 0 aliphatic carbocycles. The van der Waals surface area contributed by atoms with E-state index < -0.39 is 33.1 Å². The van der Waals surface area contributed by atoms with Crippen LogP contribution in [0.25, 0.3) is 0 Å². The van der Waals surface area contributed by atoms with Crippen LogP contribution in [0.15, 0.2) is 41.3 Å². The topological polar surface area (TPSA) is 137 Å². The number of nitrogens with one attached hydrogen (secondary N) is 1. The van der Waals surface area contributed by atoms with Crippen LogP contribution < -0.4 is 19.5 Å². The minimum atomic E-state index is -3.88. The Bertz CT molecular complexity index is 1100. The largest absolute Gasteiger partial charge is 0.477 e. The van der Waals surface area contributed by atoms with Crippen molar-refractivity contribution in [2.24, 2.45) is 0 Å². The van der Waals surface area contributed by atoms with Crippen molar-refractivity contribution in [2.45, 2.75) is 18.7 Å². The molecule has 0 saturated heterocycles. The van der Waals surface area contributed by atoms with Gasteiger partial charge in [0.05, 0.1) is 9.82 Å². The second-order valence-electron chi connectivity index (χ2n) is 6.38. The van der Waals surface area contributed by atoms with Crippen LogP contribution in [0.5, 0.6) is 17.2 Å². The number of hydrogen-bond donors (Lipinski definition) is 1. The first kappa shape index (κ1) is 22.3. The molecule has 0 unspecified atom stereocenters. The zero-order chi connectivity index (χ0) is 22.6. The van der Waals surface area contributed by atoms with E-state index in [0.717, 1.165) is 6.07 Å². The van der Waals surface area contributed by atoms with Crippen LogP contribution in [0.3, 0.4) is 0 Å². The predicted octanol–water partition coefficient (Wildman–Crippen LogP) is 2.37. The van der Waals surface area contributed by atoms with E-state index >= 15 is 0 Å². The lowest BCUT2D eigenvalue weighted by Crippen LogP contribution is -2.30. The Hall–Kier alpha value is -3.38. The average molecular weight is 451 g/mol. The fraction of sp³-hybridized carbons (Fsp3) is 0.316. The van der Waals surface area contributed by atoms with Gasteiger partial charge in [-0.1, -0.05) is 13.8 Å². The first-order chi connectivity index (χ1) is 14.8. The third-order valence-electron chi connectivity index (χ3n) is 4.49. The van der Waals surface area contributed by atoms with E-state index in [4.69, 9.17) is 14.2 Å². The monoisotopic (exact) mass is 451 g/mol. The van der Waals surface area contributed by atoms with Crippen LogP contribution in [0.1, 0.15) is 13.8 Å². The molecule has 31 heavy (non-hydrogen) atoms. The molecule has 2 aromatic carbocycles. The number of sulfonamides is 1. The van der Waals surface area contributed by atoms with Gasteiger partial charge in [-0.3, -0.25) is 14.9 Å². The summed E-state index contributed by atoms with van der Waals surface area (Å²) in [4.78, 5) is 22.6. The van der Waals surface area contributed by atoms with Gasteiger partial charge in [0.2, 0.25) is 16.8 Å². The molecule has 1 aliphatic rings. The smallest absolute Gasteiger partial charge is 0.312 e. The van der Waals surface area contributed by atoms with Crippen LogP contribution in [0, 0.1) is 10.1 Å². The number of ether oxygens (including phenoxy) is 3. The number of carbonyl (C=O) groups excluding carboxylic acids is 1. The Labute approximate surface area is 178 Å². The van der Waals surface area contributed by atoms with Crippen molar-refractivity contribution in [3.63, 3.8) is 0 Å². The normalized spacial score (nSPS) is 12.6. The van der Waals surface area contributed by atoms with Crippen molar-refractivity contribution in [1.82, 2.24) is 4.31 Å². The fourth-order valence-electron chi connectivity index (χ4n) is 2.95. The number of anilines is 1. The lowest BCUT2D eigenvalue weighted by Gasteiger charge is -2.18. The molecule has 166 valence electrons. The number of carbonyl (C=O) groups is 1. The molecule has 1 heterocycles. The zero-order valence-corrected chi connectivity index (χ0v) is 17.7. The molecule has 3 rings (SSSR count). The number of hydrogen-bond acceptors (Lipinski definition) is 8.